The molecule has 2 saturated heterocycles. The third-order valence-electron chi connectivity index (χ3n) is 6.15. The van der Waals surface area contributed by atoms with Gasteiger partial charge in [-0.25, -0.2) is 9.37 Å². The second-order valence-corrected chi connectivity index (χ2v) is 9.44. The fraction of sp³-hybridized carbons (Fsp3) is 0.565. The van der Waals surface area contributed by atoms with Crippen LogP contribution in [0.4, 0.5) is 4.39 Å². The first-order chi connectivity index (χ1) is 14.5. The van der Waals surface area contributed by atoms with E-state index in [0.29, 0.717) is 38.5 Å². The number of carbonyl (C=O) groups excluding carboxylic acids is 1. The average Bonchev–Trinajstić information content (AvgIpc) is 3.28. The van der Waals surface area contributed by atoms with E-state index in [1.165, 1.54) is 0 Å². The number of piperidine rings is 2. The van der Waals surface area contributed by atoms with Crippen molar-refractivity contribution >= 4 is 17.2 Å². The summed E-state index contributed by atoms with van der Waals surface area (Å²) in [5.41, 5.74) is 2.69. The smallest absolute Gasteiger partial charge is 0.254 e. The highest BCUT2D eigenvalue weighted by Gasteiger charge is 2.32. The molecular weight excluding hydrogens is 401 g/mol. The lowest BCUT2D eigenvalue weighted by Gasteiger charge is -2.39. The molecule has 1 N–H and O–H groups in total. The van der Waals surface area contributed by atoms with Gasteiger partial charge in [-0.05, 0) is 45.6 Å². The molecule has 2 aromatic rings. The summed E-state index contributed by atoms with van der Waals surface area (Å²) >= 11 is 1.55. The Hall–Kier alpha value is -1.83. The van der Waals surface area contributed by atoms with Crippen molar-refractivity contribution in [2.45, 2.75) is 58.0 Å². The highest BCUT2D eigenvalue weighted by molar-refractivity contribution is 7.13. The van der Waals surface area contributed by atoms with Crippen molar-refractivity contribution in [1.29, 1.82) is 0 Å². The van der Waals surface area contributed by atoms with Gasteiger partial charge < -0.3 is 9.64 Å². The number of benzene rings is 1. The molecule has 0 bridgehead atoms. The summed E-state index contributed by atoms with van der Waals surface area (Å²) in [6.07, 6.45) is 4.18. The maximum absolute atomic E-state index is 13.6. The second-order valence-electron chi connectivity index (χ2n) is 8.54. The van der Waals surface area contributed by atoms with Crippen LogP contribution in [0.2, 0.25) is 0 Å². The number of hydrogen-bond donors (Lipinski definition) is 1. The number of amides is 1. The number of nitrogens with zero attached hydrogens (tertiary/aromatic N) is 2. The van der Waals surface area contributed by atoms with Gasteiger partial charge in [0.25, 0.3) is 5.91 Å². The number of ether oxygens (including phenoxy) is 1. The van der Waals surface area contributed by atoms with Gasteiger partial charge >= 0.3 is 0 Å². The number of hydrogen-bond acceptors (Lipinski definition) is 5. The number of alkyl halides is 1. The van der Waals surface area contributed by atoms with E-state index in [1.54, 1.807) is 17.5 Å². The molecule has 1 aromatic carbocycles. The van der Waals surface area contributed by atoms with Crippen LogP contribution in [-0.2, 0) is 4.74 Å². The molecule has 30 heavy (non-hydrogen) atoms. The molecule has 162 valence electrons. The standard InChI is InChI=1S/C23H30FN3O2S/c1-15-3-7-19(22-25-9-10-30-22)20(11-15)23(28)27-13-17(5-4-16(27)2)14-29-21-8-6-18(24)12-26-21/h3,7,9-11,16-18,21,26H,4-6,8,12-14H2,1-2H3/t16-,17-,18?,21?/m1/s1. The minimum absolute atomic E-state index is 0.0668. The maximum atomic E-state index is 13.6. The molecule has 2 aliphatic heterocycles. The van der Waals surface area contributed by atoms with Crippen molar-refractivity contribution in [3.05, 3.63) is 40.9 Å². The molecule has 0 spiro atoms. The van der Waals surface area contributed by atoms with Gasteiger partial charge in [0, 0.05) is 42.2 Å². The molecule has 3 heterocycles. The largest absolute Gasteiger partial charge is 0.363 e. The highest BCUT2D eigenvalue weighted by Crippen LogP contribution is 2.31. The van der Waals surface area contributed by atoms with Crippen LogP contribution in [0.15, 0.2) is 29.8 Å². The second kappa shape index (κ2) is 9.54. The Bertz CT molecular complexity index is 852. The van der Waals surface area contributed by atoms with E-state index in [0.717, 1.165) is 34.5 Å². The van der Waals surface area contributed by atoms with E-state index in [4.69, 9.17) is 4.74 Å². The van der Waals surface area contributed by atoms with Gasteiger partial charge in [-0.2, -0.15) is 0 Å². The number of halogens is 1. The predicted molar refractivity (Wildman–Crippen MR) is 117 cm³/mol. The Balaban J connectivity index is 1.45. The number of aromatic nitrogens is 1. The lowest BCUT2D eigenvalue weighted by molar-refractivity contribution is -0.0319. The van der Waals surface area contributed by atoms with Crippen molar-refractivity contribution in [2.24, 2.45) is 5.92 Å². The minimum atomic E-state index is -0.769. The van der Waals surface area contributed by atoms with Crippen molar-refractivity contribution in [2.75, 3.05) is 19.7 Å². The van der Waals surface area contributed by atoms with Crippen LogP contribution in [-0.4, -0.2) is 53.9 Å². The van der Waals surface area contributed by atoms with Crippen LogP contribution < -0.4 is 5.32 Å². The van der Waals surface area contributed by atoms with Gasteiger partial charge in [0.2, 0.25) is 0 Å². The summed E-state index contributed by atoms with van der Waals surface area (Å²) in [4.78, 5) is 20.0. The van der Waals surface area contributed by atoms with Gasteiger partial charge in [0.1, 0.15) is 17.4 Å². The molecule has 4 rings (SSSR count). The fourth-order valence-electron chi connectivity index (χ4n) is 4.32. The number of rotatable bonds is 5. The van der Waals surface area contributed by atoms with Crippen LogP contribution in [0, 0.1) is 12.8 Å². The van der Waals surface area contributed by atoms with E-state index in [2.05, 4.69) is 17.2 Å². The van der Waals surface area contributed by atoms with Gasteiger partial charge in [-0.3, -0.25) is 10.1 Å². The molecule has 4 atom stereocenters. The highest BCUT2D eigenvalue weighted by atomic mass is 32.1. The van der Waals surface area contributed by atoms with E-state index in [-0.39, 0.29) is 18.2 Å². The summed E-state index contributed by atoms with van der Waals surface area (Å²) in [5, 5.41) is 5.93. The molecule has 2 aliphatic rings. The Morgan fingerprint density at radius 1 is 1.33 bits per heavy atom. The van der Waals surface area contributed by atoms with Crippen molar-refractivity contribution < 1.29 is 13.9 Å². The van der Waals surface area contributed by atoms with Crippen LogP contribution in [0.1, 0.15) is 48.5 Å². The van der Waals surface area contributed by atoms with E-state index in [9.17, 15) is 9.18 Å². The summed E-state index contributed by atoms with van der Waals surface area (Å²) in [6, 6.07) is 6.20. The predicted octanol–water partition coefficient (Wildman–Crippen LogP) is 4.42. The van der Waals surface area contributed by atoms with Crippen LogP contribution in [0.5, 0.6) is 0 Å². The SMILES string of the molecule is Cc1ccc(-c2nccs2)c(C(=O)N2C[C@H](COC3CCC(F)CN3)CC[C@H]2C)c1. The number of aryl methyl sites for hydroxylation is 1. The third-order valence-corrected chi connectivity index (χ3v) is 6.96. The Morgan fingerprint density at radius 2 is 2.20 bits per heavy atom. The molecule has 1 amide bonds. The number of likely N-dealkylation sites (tertiary alicyclic amines) is 1. The van der Waals surface area contributed by atoms with Crippen molar-refractivity contribution in [3.63, 3.8) is 0 Å². The molecule has 2 unspecified atom stereocenters. The zero-order valence-electron chi connectivity index (χ0n) is 17.6. The van der Waals surface area contributed by atoms with Crippen molar-refractivity contribution in [1.82, 2.24) is 15.2 Å². The van der Waals surface area contributed by atoms with Crippen LogP contribution >= 0.6 is 11.3 Å². The molecule has 0 radical (unpaired) electrons. The molecule has 0 aliphatic carbocycles. The number of nitrogens with one attached hydrogen (secondary N) is 1. The molecule has 2 fully saturated rings. The molecule has 7 heteroatoms. The summed E-state index contributed by atoms with van der Waals surface area (Å²) in [6.45, 7) is 5.78. The first-order valence-corrected chi connectivity index (χ1v) is 11.7. The Morgan fingerprint density at radius 3 is 2.93 bits per heavy atom. The number of thiazole rings is 1. The monoisotopic (exact) mass is 431 g/mol. The summed E-state index contributed by atoms with van der Waals surface area (Å²) in [5.74, 6) is 0.361. The third kappa shape index (κ3) is 4.90. The Kier molecular flexibility index (Phi) is 6.80. The van der Waals surface area contributed by atoms with E-state index in [1.807, 2.05) is 35.4 Å². The van der Waals surface area contributed by atoms with Crippen LogP contribution in [0.3, 0.4) is 0 Å². The first-order valence-electron chi connectivity index (χ1n) is 10.8. The quantitative estimate of drug-likeness (QED) is 0.761. The lowest BCUT2D eigenvalue weighted by atomic mass is 9.92. The van der Waals surface area contributed by atoms with E-state index < -0.39 is 6.17 Å². The van der Waals surface area contributed by atoms with Crippen molar-refractivity contribution in [3.8, 4) is 10.6 Å². The van der Waals surface area contributed by atoms with Crippen LogP contribution in [0.25, 0.3) is 10.6 Å². The molecule has 1 aromatic heterocycles. The molecule has 0 saturated carbocycles. The maximum Gasteiger partial charge on any atom is 0.254 e. The topological polar surface area (TPSA) is 54.5 Å². The lowest BCUT2D eigenvalue weighted by Crippen LogP contribution is -2.48. The van der Waals surface area contributed by atoms with Gasteiger partial charge in [-0.1, -0.05) is 17.7 Å². The fourth-order valence-corrected chi connectivity index (χ4v) is 5.00. The zero-order valence-corrected chi connectivity index (χ0v) is 18.5. The van der Waals surface area contributed by atoms with E-state index >= 15 is 0 Å². The summed E-state index contributed by atoms with van der Waals surface area (Å²) in [7, 11) is 0. The summed E-state index contributed by atoms with van der Waals surface area (Å²) < 4.78 is 19.3. The van der Waals surface area contributed by atoms with Gasteiger partial charge in [-0.15, -0.1) is 11.3 Å². The zero-order chi connectivity index (χ0) is 21.1. The number of carbonyl (C=O) groups is 1. The van der Waals surface area contributed by atoms with Gasteiger partial charge in [0.15, 0.2) is 0 Å². The van der Waals surface area contributed by atoms with Gasteiger partial charge in [0.05, 0.1) is 12.2 Å². The normalized spacial score (nSPS) is 27.2. The molecule has 5 nitrogen and oxygen atoms in total. The Labute approximate surface area is 181 Å². The first kappa shape index (κ1) is 21.4. The minimum Gasteiger partial charge on any atom is -0.363 e. The average molecular weight is 432 g/mol. The molecular formula is C23H30FN3O2S.